The van der Waals surface area contributed by atoms with Crippen molar-refractivity contribution >= 4 is 11.6 Å². The molecule has 0 saturated heterocycles. The van der Waals surface area contributed by atoms with E-state index in [2.05, 4.69) is 15.3 Å². The molecule has 6 heteroatoms. The van der Waals surface area contributed by atoms with Crippen LogP contribution in [0.15, 0.2) is 15.1 Å². The molecule has 1 unspecified atom stereocenters. The third-order valence-electron chi connectivity index (χ3n) is 1.64. The molecule has 0 fully saturated rings. The summed E-state index contributed by atoms with van der Waals surface area (Å²) in [4.78, 5) is 4.05. The van der Waals surface area contributed by atoms with E-state index in [-0.39, 0.29) is 5.38 Å². The summed E-state index contributed by atoms with van der Waals surface area (Å²) in [5, 5.41) is 7.13. The molecule has 14 heavy (non-hydrogen) atoms. The first-order chi connectivity index (χ1) is 6.66. The van der Waals surface area contributed by atoms with Crippen molar-refractivity contribution in [3.8, 4) is 11.7 Å². The molecule has 1 atom stereocenters. The van der Waals surface area contributed by atoms with Gasteiger partial charge in [-0.05, 0) is 13.8 Å². The molecule has 0 radical (unpaired) electrons. The minimum atomic E-state index is -0.281. The largest absolute Gasteiger partial charge is 0.351 e. The van der Waals surface area contributed by atoms with Crippen molar-refractivity contribution in [2.45, 2.75) is 19.2 Å². The molecular formula is C8H8ClN3O2. The predicted octanol–water partition coefficient (Wildman–Crippen LogP) is 2.33. The van der Waals surface area contributed by atoms with Crippen LogP contribution < -0.4 is 0 Å². The quantitative estimate of drug-likeness (QED) is 0.717. The fraction of sp³-hybridized carbons (Fsp3) is 0.375. The van der Waals surface area contributed by atoms with Gasteiger partial charge in [0.25, 0.3) is 5.89 Å². The monoisotopic (exact) mass is 213 g/mol. The Kier molecular flexibility index (Phi) is 2.25. The van der Waals surface area contributed by atoms with Crippen LogP contribution in [-0.2, 0) is 0 Å². The molecule has 0 amide bonds. The van der Waals surface area contributed by atoms with Gasteiger partial charge in [0.15, 0.2) is 5.82 Å². The van der Waals surface area contributed by atoms with Crippen molar-refractivity contribution in [2.75, 3.05) is 0 Å². The maximum absolute atomic E-state index is 5.78. The van der Waals surface area contributed by atoms with Gasteiger partial charge in [0, 0.05) is 6.07 Å². The standard InChI is InChI=1S/C8H8ClN3O2/c1-4-3-6(13-11-4)8-10-7(5(2)9)12-14-8/h3,5H,1-2H3. The summed E-state index contributed by atoms with van der Waals surface area (Å²) in [5.41, 5.74) is 0.763. The minimum absolute atomic E-state index is 0.281. The Labute approximate surface area is 85.0 Å². The number of halogens is 1. The Morgan fingerprint density at radius 1 is 1.36 bits per heavy atom. The number of hydrogen-bond acceptors (Lipinski definition) is 5. The summed E-state index contributed by atoms with van der Waals surface area (Å²) in [5.74, 6) is 1.20. The van der Waals surface area contributed by atoms with Gasteiger partial charge in [-0.2, -0.15) is 4.98 Å². The van der Waals surface area contributed by atoms with E-state index in [0.717, 1.165) is 5.69 Å². The topological polar surface area (TPSA) is 65.0 Å². The van der Waals surface area contributed by atoms with Gasteiger partial charge in [-0.25, -0.2) is 0 Å². The van der Waals surface area contributed by atoms with E-state index in [1.54, 1.807) is 13.0 Å². The number of aromatic nitrogens is 3. The van der Waals surface area contributed by atoms with E-state index in [1.165, 1.54) is 0 Å². The predicted molar refractivity (Wildman–Crippen MR) is 48.8 cm³/mol. The molecular weight excluding hydrogens is 206 g/mol. The second-order valence-corrected chi connectivity index (χ2v) is 3.56. The Balaban J connectivity index is 2.33. The third-order valence-corrected chi connectivity index (χ3v) is 1.83. The lowest BCUT2D eigenvalue weighted by Crippen LogP contribution is -1.86. The smallest absolute Gasteiger partial charge is 0.296 e. The van der Waals surface area contributed by atoms with E-state index in [1.807, 2.05) is 6.92 Å². The van der Waals surface area contributed by atoms with Crippen LogP contribution in [0.25, 0.3) is 11.7 Å². The van der Waals surface area contributed by atoms with Gasteiger partial charge >= 0.3 is 0 Å². The highest BCUT2D eigenvalue weighted by atomic mass is 35.5. The Hall–Kier alpha value is -1.36. The maximum atomic E-state index is 5.78. The molecule has 0 aliphatic carbocycles. The number of aryl methyl sites for hydroxylation is 1. The fourth-order valence-corrected chi connectivity index (χ4v) is 1.05. The van der Waals surface area contributed by atoms with Gasteiger partial charge in [-0.3, -0.25) is 0 Å². The van der Waals surface area contributed by atoms with Gasteiger partial charge in [0.1, 0.15) is 0 Å². The van der Waals surface area contributed by atoms with Crippen LogP contribution in [0, 0.1) is 6.92 Å². The number of hydrogen-bond donors (Lipinski definition) is 0. The van der Waals surface area contributed by atoms with Crippen LogP contribution in [0.4, 0.5) is 0 Å². The van der Waals surface area contributed by atoms with Gasteiger partial charge in [-0.1, -0.05) is 10.3 Å². The van der Waals surface area contributed by atoms with Crippen molar-refractivity contribution in [3.63, 3.8) is 0 Å². The van der Waals surface area contributed by atoms with E-state index in [4.69, 9.17) is 20.6 Å². The first kappa shape index (κ1) is 9.21. The maximum Gasteiger partial charge on any atom is 0.296 e. The molecule has 0 saturated carbocycles. The highest BCUT2D eigenvalue weighted by molar-refractivity contribution is 6.20. The molecule has 0 aliphatic rings. The molecule has 2 aromatic heterocycles. The van der Waals surface area contributed by atoms with Crippen molar-refractivity contribution in [1.29, 1.82) is 0 Å². The van der Waals surface area contributed by atoms with Crippen LogP contribution in [-0.4, -0.2) is 15.3 Å². The van der Waals surface area contributed by atoms with Crippen molar-refractivity contribution < 1.29 is 9.05 Å². The van der Waals surface area contributed by atoms with Gasteiger partial charge in [0.05, 0.1) is 11.1 Å². The summed E-state index contributed by atoms with van der Waals surface area (Å²) in [6.45, 7) is 3.58. The number of alkyl halides is 1. The second-order valence-electron chi connectivity index (χ2n) is 2.91. The zero-order chi connectivity index (χ0) is 10.1. The molecule has 0 spiro atoms. The van der Waals surface area contributed by atoms with Crippen LogP contribution in [0.3, 0.4) is 0 Å². The lowest BCUT2D eigenvalue weighted by Gasteiger charge is -1.88. The zero-order valence-electron chi connectivity index (χ0n) is 7.69. The average molecular weight is 214 g/mol. The summed E-state index contributed by atoms with van der Waals surface area (Å²) < 4.78 is 9.90. The molecule has 2 heterocycles. The van der Waals surface area contributed by atoms with E-state index < -0.39 is 0 Å². The molecule has 0 aromatic carbocycles. The lowest BCUT2D eigenvalue weighted by molar-refractivity contribution is 0.380. The zero-order valence-corrected chi connectivity index (χ0v) is 8.45. The van der Waals surface area contributed by atoms with Crippen LogP contribution in [0.1, 0.15) is 23.8 Å². The molecule has 5 nitrogen and oxygen atoms in total. The Morgan fingerprint density at radius 2 is 2.14 bits per heavy atom. The number of rotatable bonds is 2. The Morgan fingerprint density at radius 3 is 2.64 bits per heavy atom. The third kappa shape index (κ3) is 1.63. The van der Waals surface area contributed by atoms with Gasteiger partial charge in [-0.15, -0.1) is 11.6 Å². The molecule has 0 N–H and O–H groups in total. The highest BCUT2D eigenvalue weighted by Crippen LogP contribution is 2.22. The second kappa shape index (κ2) is 3.42. The van der Waals surface area contributed by atoms with Crippen LogP contribution in [0.2, 0.25) is 0 Å². The average Bonchev–Trinajstić information content (AvgIpc) is 2.70. The lowest BCUT2D eigenvalue weighted by atomic mass is 10.4. The van der Waals surface area contributed by atoms with E-state index in [0.29, 0.717) is 17.5 Å². The Bertz CT molecular complexity index is 435. The minimum Gasteiger partial charge on any atom is -0.351 e. The van der Waals surface area contributed by atoms with E-state index >= 15 is 0 Å². The van der Waals surface area contributed by atoms with Crippen molar-refractivity contribution in [3.05, 3.63) is 17.6 Å². The fourth-order valence-electron chi connectivity index (χ4n) is 0.961. The summed E-state index contributed by atoms with van der Waals surface area (Å²) in [7, 11) is 0. The van der Waals surface area contributed by atoms with Crippen molar-refractivity contribution in [2.24, 2.45) is 0 Å². The van der Waals surface area contributed by atoms with Crippen LogP contribution >= 0.6 is 11.6 Å². The highest BCUT2D eigenvalue weighted by Gasteiger charge is 2.15. The summed E-state index contributed by atoms with van der Waals surface area (Å²) in [6, 6.07) is 1.72. The molecule has 2 rings (SSSR count). The first-order valence-corrected chi connectivity index (χ1v) is 4.52. The summed E-state index contributed by atoms with van der Waals surface area (Å²) in [6.07, 6.45) is 0. The first-order valence-electron chi connectivity index (χ1n) is 4.08. The number of nitrogens with zero attached hydrogens (tertiary/aromatic N) is 3. The van der Waals surface area contributed by atoms with Crippen molar-refractivity contribution in [1.82, 2.24) is 15.3 Å². The molecule has 0 bridgehead atoms. The normalized spacial score (nSPS) is 13.1. The molecule has 74 valence electrons. The van der Waals surface area contributed by atoms with Crippen LogP contribution in [0.5, 0.6) is 0 Å². The van der Waals surface area contributed by atoms with Gasteiger partial charge in [0.2, 0.25) is 5.76 Å². The molecule has 0 aliphatic heterocycles. The SMILES string of the molecule is Cc1cc(-c2nc(C(C)Cl)no2)on1. The van der Waals surface area contributed by atoms with E-state index in [9.17, 15) is 0 Å². The summed E-state index contributed by atoms with van der Waals surface area (Å²) >= 11 is 5.78. The molecule has 2 aromatic rings. The van der Waals surface area contributed by atoms with Gasteiger partial charge < -0.3 is 9.05 Å².